The molecule has 9 heteroatoms. The zero-order valence-electron chi connectivity index (χ0n) is 20.7. The molecule has 3 N–H and O–H groups in total. The van der Waals surface area contributed by atoms with Crippen molar-refractivity contribution in [3.05, 3.63) is 71.7 Å². The molecule has 7 nitrogen and oxygen atoms in total. The molecule has 0 radical (unpaired) electrons. The first kappa shape index (κ1) is 27.5. The van der Waals surface area contributed by atoms with Crippen molar-refractivity contribution in [3.63, 3.8) is 0 Å². The van der Waals surface area contributed by atoms with Gasteiger partial charge < -0.3 is 20.7 Å². The molecule has 0 unspecified atom stereocenters. The average Bonchev–Trinajstić information content (AvgIpc) is 2.89. The van der Waals surface area contributed by atoms with Crippen LogP contribution in [-0.4, -0.2) is 53.7 Å². The summed E-state index contributed by atoms with van der Waals surface area (Å²) in [5.41, 5.74) is 2.16. The van der Waals surface area contributed by atoms with Gasteiger partial charge in [-0.15, -0.1) is 0 Å². The lowest BCUT2D eigenvalue weighted by Gasteiger charge is -2.26. The fourth-order valence-corrected chi connectivity index (χ4v) is 4.02. The number of amides is 1. The van der Waals surface area contributed by atoms with Gasteiger partial charge in [-0.2, -0.15) is 0 Å². The molecule has 36 heavy (non-hydrogen) atoms. The molecule has 1 aromatic carbocycles. The highest BCUT2D eigenvalue weighted by Gasteiger charge is 2.10. The van der Waals surface area contributed by atoms with Gasteiger partial charge in [-0.1, -0.05) is 24.6 Å². The summed E-state index contributed by atoms with van der Waals surface area (Å²) >= 11 is 5.22. The first-order valence-corrected chi connectivity index (χ1v) is 13.0. The Morgan fingerprint density at radius 2 is 1.86 bits per heavy atom. The number of nitrogens with zero attached hydrogens (tertiary/aromatic N) is 2. The van der Waals surface area contributed by atoms with Crippen molar-refractivity contribution >= 4 is 23.2 Å². The summed E-state index contributed by atoms with van der Waals surface area (Å²) in [6.45, 7) is 5.23. The van der Waals surface area contributed by atoms with Gasteiger partial charge in [0.2, 0.25) is 11.8 Å². The maximum atomic E-state index is 12.9. The number of carbonyl (C=O) groups is 1. The highest BCUT2D eigenvalue weighted by Crippen LogP contribution is 2.15. The molecule has 0 bridgehead atoms. The van der Waals surface area contributed by atoms with Crippen LogP contribution in [0.2, 0.25) is 0 Å². The smallest absolute Gasteiger partial charge is 0.220 e. The molecule has 2 aromatic rings. The number of carbonyl (C=O) groups excluding carboxylic acids is 1. The highest BCUT2D eigenvalue weighted by atomic mass is 32.1. The molecule has 3 rings (SSSR count). The van der Waals surface area contributed by atoms with E-state index in [1.54, 1.807) is 18.3 Å². The second-order valence-electron chi connectivity index (χ2n) is 8.77. The molecule has 0 spiro atoms. The summed E-state index contributed by atoms with van der Waals surface area (Å²) < 4.78 is 18.6. The summed E-state index contributed by atoms with van der Waals surface area (Å²) in [4.78, 5) is 18.7. The second-order valence-corrected chi connectivity index (χ2v) is 9.17. The van der Waals surface area contributed by atoms with Crippen LogP contribution < -0.4 is 20.7 Å². The molecule has 1 amide bonds. The van der Waals surface area contributed by atoms with Crippen molar-refractivity contribution in [2.75, 3.05) is 32.8 Å². The van der Waals surface area contributed by atoms with Crippen LogP contribution in [0.3, 0.4) is 0 Å². The monoisotopic (exact) mass is 513 g/mol. The number of rotatable bonds is 13. The van der Waals surface area contributed by atoms with Gasteiger partial charge in [0.15, 0.2) is 5.11 Å². The van der Waals surface area contributed by atoms with E-state index in [0.717, 1.165) is 25.2 Å². The maximum absolute atomic E-state index is 12.9. The van der Waals surface area contributed by atoms with Gasteiger partial charge in [0.05, 0.1) is 0 Å². The van der Waals surface area contributed by atoms with E-state index in [1.165, 1.54) is 37.0 Å². The van der Waals surface area contributed by atoms with Gasteiger partial charge in [0.1, 0.15) is 12.4 Å². The molecule has 0 atom stereocenters. The van der Waals surface area contributed by atoms with Crippen LogP contribution >= 0.6 is 12.2 Å². The third-order valence-electron chi connectivity index (χ3n) is 5.80. The van der Waals surface area contributed by atoms with E-state index in [1.807, 2.05) is 24.3 Å². The minimum atomic E-state index is -0.261. The third-order valence-corrected chi connectivity index (χ3v) is 6.09. The van der Waals surface area contributed by atoms with Crippen molar-refractivity contribution in [1.82, 2.24) is 25.8 Å². The van der Waals surface area contributed by atoms with Gasteiger partial charge in [0.25, 0.3) is 0 Å². The topological polar surface area (TPSA) is 78.5 Å². The van der Waals surface area contributed by atoms with Crippen molar-refractivity contribution in [3.8, 4) is 5.88 Å². The number of hydrogen-bond acceptors (Lipinski definition) is 5. The predicted octanol–water partition coefficient (Wildman–Crippen LogP) is 3.70. The fourth-order valence-electron chi connectivity index (χ4n) is 3.85. The molecule has 0 saturated carbocycles. The number of benzene rings is 1. The lowest BCUT2D eigenvalue weighted by atomic mass is 10.1. The molecule has 1 fully saturated rings. The summed E-state index contributed by atoms with van der Waals surface area (Å²) in [5, 5.41) is 9.51. The van der Waals surface area contributed by atoms with E-state index in [-0.39, 0.29) is 11.7 Å². The standard InChI is InChI=1S/C27H36FN5O2S/c28-24-10-8-22(9-11-24)20-32-27(36)31-14-6-7-25(34)29-13-2-5-18-35-26-19-23(12-15-30-26)21-33-16-3-1-4-17-33/h2,5,8-12,15,19H,1,3-4,6-7,13-14,16-18,20-21H2,(H,29,34)(H2,31,32,36)/b5-2-. The van der Waals surface area contributed by atoms with Crippen LogP contribution in [-0.2, 0) is 17.9 Å². The van der Waals surface area contributed by atoms with Gasteiger partial charge in [0, 0.05) is 44.9 Å². The van der Waals surface area contributed by atoms with Crippen LogP contribution in [0.1, 0.15) is 43.2 Å². The van der Waals surface area contributed by atoms with E-state index < -0.39 is 0 Å². The zero-order chi connectivity index (χ0) is 25.4. The Labute approximate surface area is 218 Å². The Balaban J connectivity index is 1.20. The van der Waals surface area contributed by atoms with Crippen LogP contribution in [0.4, 0.5) is 4.39 Å². The van der Waals surface area contributed by atoms with Crippen LogP contribution in [0.25, 0.3) is 0 Å². The summed E-state index contributed by atoms with van der Waals surface area (Å²) in [6, 6.07) is 10.3. The number of piperidine rings is 1. The summed E-state index contributed by atoms with van der Waals surface area (Å²) in [5.74, 6) is 0.346. The van der Waals surface area contributed by atoms with Crippen molar-refractivity contribution in [2.24, 2.45) is 0 Å². The number of halogens is 1. The van der Waals surface area contributed by atoms with Crippen LogP contribution in [0.5, 0.6) is 5.88 Å². The first-order valence-electron chi connectivity index (χ1n) is 12.6. The van der Waals surface area contributed by atoms with Crippen LogP contribution in [0.15, 0.2) is 54.7 Å². The maximum Gasteiger partial charge on any atom is 0.220 e. The molecule has 0 aliphatic carbocycles. The zero-order valence-corrected chi connectivity index (χ0v) is 21.5. The van der Waals surface area contributed by atoms with Crippen molar-refractivity contribution < 1.29 is 13.9 Å². The normalized spacial score (nSPS) is 13.9. The lowest BCUT2D eigenvalue weighted by molar-refractivity contribution is -0.120. The molecule has 1 aromatic heterocycles. The number of thiocarbonyl (C=S) groups is 1. The number of aromatic nitrogens is 1. The molecular weight excluding hydrogens is 477 g/mol. The van der Waals surface area contributed by atoms with E-state index in [0.29, 0.717) is 50.1 Å². The number of pyridine rings is 1. The number of likely N-dealkylation sites (tertiary alicyclic amines) is 1. The Bertz CT molecular complexity index is 980. The van der Waals surface area contributed by atoms with E-state index in [2.05, 4.69) is 25.8 Å². The Morgan fingerprint density at radius 1 is 1.06 bits per heavy atom. The van der Waals surface area contributed by atoms with Crippen molar-refractivity contribution in [1.29, 1.82) is 0 Å². The molecule has 1 aliphatic heterocycles. The Morgan fingerprint density at radius 3 is 2.67 bits per heavy atom. The van der Waals surface area contributed by atoms with Gasteiger partial charge in [-0.05, 0) is 80.0 Å². The van der Waals surface area contributed by atoms with Gasteiger partial charge in [-0.25, -0.2) is 9.37 Å². The molecular formula is C27H36FN5O2S. The summed E-state index contributed by atoms with van der Waals surface area (Å²) in [7, 11) is 0. The molecule has 2 heterocycles. The second kappa shape index (κ2) is 15.9. The minimum Gasteiger partial charge on any atom is -0.473 e. The molecule has 194 valence electrons. The summed E-state index contributed by atoms with van der Waals surface area (Å²) in [6.07, 6.45) is 10.5. The highest BCUT2D eigenvalue weighted by molar-refractivity contribution is 7.80. The number of hydrogen-bond donors (Lipinski definition) is 3. The van der Waals surface area contributed by atoms with E-state index in [4.69, 9.17) is 17.0 Å². The lowest BCUT2D eigenvalue weighted by Crippen LogP contribution is -2.35. The Hall–Kier alpha value is -3.04. The quantitative estimate of drug-likeness (QED) is 0.214. The van der Waals surface area contributed by atoms with E-state index in [9.17, 15) is 9.18 Å². The van der Waals surface area contributed by atoms with Crippen LogP contribution in [0, 0.1) is 5.82 Å². The first-order chi connectivity index (χ1) is 17.6. The SMILES string of the molecule is O=C(CCCNC(=S)NCc1ccc(F)cc1)NC/C=C\COc1cc(CN2CCCCC2)ccn1. The number of nitrogens with one attached hydrogen (secondary N) is 3. The third kappa shape index (κ3) is 11.1. The predicted molar refractivity (Wildman–Crippen MR) is 144 cm³/mol. The number of ether oxygens (including phenoxy) is 1. The fraction of sp³-hybridized carbons (Fsp3) is 0.444. The Kier molecular flexibility index (Phi) is 12.1. The average molecular weight is 514 g/mol. The van der Waals surface area contributed by atoms with E-state index >= 15 is 0 Å². The van der Waals surface area contributed by atoms with Gasteiger partial charge >= 0.3 is 0 Å². The molecule has 1 aliphatic rings. The van der Waals surface area contributed by atoms with Crippen molar-refractivity contribution in [2.45, 2.75) is 45.2 Å². The molecule has 1 saturated heterocycles. The minimum absolute atomic E-state index is 0.0142. The van der Waals surface area contributed by atoms with Gasteiger partial charge in [-0.3, -0.25) is 9.69 Å². The largest absolute Gasteiger partial charge is 0.473 e.